The summed E-state index contributed by atoms with van der Waals surface area (Å²) in [5.41, 5.74) is 78.3. The number of rotatable bonds is 1. The van der Waals surface area contributed by atoms with Crippen molar-refractivity contribution in [2.75, 3.05) is 91.6 Å². The molecule has 18 nitrogen and oxygen atoms in total. The highest BCUT2D eigenvalue weighted by Gasteiger charge is 2.56. The molecule has 0 amide bonds. The molecule has 141 heavy (non-hydrogen) atoms. The maximum absolute atomic E-state index is 6.68. The Balaban J connectivity index is 0.000000124. The molecule has 14 aliphatic rings. The molecule has 18 heteroatoms. The lowest BCUT2D eigenvalue weighted by atomic mass is 9.72. The molecule has 0 unspecified atom stereocenters. The molecule has 11 heterocycles. The first-order valence-electron chi connectivity index (χ1n) is 55.4. The van der Waals surface area contributed by atoms with E-state index in [9.17, 15) is 0 Å². The average molecular weight is 1930 g/mol. The average Bonchev–Trinajstić information content (AvgIpc) is 1.64. The number of benzene rings is 3. The van der Waals surface area contributed by atoms with Crippen molar-refractivity contribution in [2.45, 2.75) is 416 Å². The Bertz CT molecular complexity index is 4830. The smallest absolute Gasteiger partial charge is 0.0457 e. The van der Waals surface area contributed by atoms with Gasteiger partial charge in [0.05, 0.1) is 0 Å². The summed E-state index contributed by atoms with van der Waals surface area (Å²) < 4.78 is 0. The topological polar surface area (TPSA) is 256 Å². The van der Waals surface area contributed by atoms with Crippen molar-refractivity contribution in [1.29, 1.82) is 0 Å². The van der Waals surface area contributed by atoms with Crippen LogP contribution in [-0.4, -0.2) is 185 Å². The lowest BCUT2D eigenvalue weighted by Gasteiger charge is -2.47. The van der Waals surface area contributed by atoms with Crippen molar-refractivity contribution in [1.82, 2.24) is 54.2 Å². The van der Waals surface area contributed by atoms with Crippen LogP contribution in [0.4, 0.5) is 0 Å². The van der Waals surface area contributed by atoms with Crippen molar-refractivity contribution >= 4 is 0 Å². The minimum absolute atomic E-state index is 0.173. The van der Waals surface area contributed by atoms with E-state index in [1.54, 1.807) is 0 Å². The minimum Gasteiger partial charge on any atom is -0.323 e. The fourth-order valence-electron chi connectivity index (χ4n) is 28.1. The first kappa shape index (κ1) is 109. The Morgan fingerprint density at radius 1 is 0.227 bits per heavy atom. The summed E-state index contributed by atoms with van der Waals surface area (Å²) in [5, 5.41) is 0. The SMILES string of the molecule is CCc1cnc2c(c1)[C@@H](N)C1(CCN(C(C)(C)C)CC1)C2.Cc1ccc2c(c1)CC1(CCN(C(C)(C)C)CC1)[C@@H]2N.Cc1ccc2c(c1)[C@H](N)C1(CCN(C(C)(C)C)CC1)C2.Cc1ccc2c(c1)[C@H](N)C1(CCN(C(C)(C)C)CC1)C2.Cc1cnc2c(c1)[C@@H](N)C1(CCN(C(C)(C)C)CC1)C2.Cc1cnc2c(c1)[C@H](N)C1(CCN(C(C)(C)C)CC1)C2.Cc1cnc2c(c1)[C@H](N)C1(CCN(C(C)(C)C)CC1)C2. The molecule has 14 N–H and O–H groups in total. The lowest BCUT2D eigenvalue weighted by molar-refractivity contribution is 0.0342. The van der Waals surface area contributed by atoms with Crippen LogP contribution in [-0.2, 0) is 51.4 Å². The Morgan fingerprint density at radius 3 is 0.660 bits per heavy atom. The molecule has 7 aliphatic heterocycles. The van der Waals surface area contributed by atoms with Gasteiger partial charge in [0.25, 0.3) is 0 Å². The molecule has 7 fully saturated rings. The van der Waals surface area contributed by atoms with Gasteiger partial charge >= 0.3 is 0 Å². The predicted octanol–water partition coefficient (Wildman–Crippen LogP) is 21.9. The van der Waals surface area contributed by atoms with Crippen molar-refractivity contribution in [3.63, 3.8) is 0 Å². The zero-order valence-corrected chi connectivity index (χ0v) is 93.8. The maximum atomic E-state index is 6.68. The first-order chi connectivity index (χ1) is 65.8. The van der Waals surface area contributed by atoms with Crippen LogP contribution in [0.15, 0.2) is 104 Å². The van der Waals surface area contributed by atoms with Gasteiger partial charge in [-0.3, -0.25) is 54.2 Å². The summed E-state index contributed by atoms with van der Waals surface area (Å²) in [5.74, 6) is 0. The van der Waals surface area contributed by atoms with E-state index in [2.05, 4.69) is 322 Å². The standard InChI is InChI=1S/C18H29N3.3C18H28N2.3C17H27N3/c1-5-13-10-14-15(20-12-13)11-18(16(14)19)6-8-21(9-7-18)17(2,3)4;1-13-5-6-15-14(11-13)12-18(16(15)19)7-9-20(10-8-18)17(2,3)4;2*1-13-5-6-14-12-18(16(19)15(14)11-13)7-9-20(10-8-18)17(2,3)4;3*1-12-9-13-14(19-11-12)10-17(15(13)18)5-7-20(8-6-17)16(2,3)4/h10,12,16H,5-9,11,19H2,1-4H3;3*5-6,11,16H,7-10,12,19H2,1-4H3;3*9,11,15H,5-8,10,18H2,1-4H3/t4*16-;3*15-/m1100100/s1. The van der Waals surface area contributed by atoms with E-state index in [-0.39, 0.29) is 103 Å². The third-order valence-corrected chi connectivity index (χ3v) is 38.4. The number of nitrogens with two attached hydrogens (primary N) is 7. The van der Waals surface area contributed by atoms with Gasteiger partial charge in [-0.2, -0.15) is 0 Å². The fourth-order valence-corrected chi connectivity index (χ4v) is 28.1. The highest BCUT2D eigenvalue weighted by Crippen LogP contribution is 2.59. The van der Waals surface area contributed by atoms with Crippen LogP contribution in [0.25, 0.3) is 0 Å². The molecular formula is C123H194N18. The van der Waals surface area contributed by atoms with Crippen LogP contribution < -0.4 is 40.1 Å². The number of likely N-dealkylation sites (tertiary alicyclic amines) is 7. The lowest BCUT2D eigenvalue weighted by Crippen LogP contribution is -2.51. The number of hydrogen-bond acceptors (Lipinski definition) is 18. The second kappa shape index (κ2) is 41.0. The largest absolute Gasteiger partial charge is 0.323 e. The van der Waals surface area contributed by atoms with E-state index in [4.69, 9.17) is 45.1 Å². The van der Waals surface area contributed by atoms with Crippen LogP contribution >= 0.6 is 0 Å². The number of fused-ring (bicyclic) bond motifs is 7. The van der Waals surface area contributed by atoms with Gasteiger partial charge < -0.3 is 40.1 Å². The van der Waals surface area contributed by atoms with Crippen molar-refractivity contribution in [3.8, 4) is 0 Å². The molecule has 7 aliphatic carbocycles. The Hall–Kier alpha value is -6.30. The number of nitrogens with zero attached hydrogens (tertiary/aromatic N) is 11. The number of hydrogen-bond donors (Lipinski definition) is 7. The Morgan fingerprint density at radius 2 is 0.418 bits per heavy atom. The van der Waals surface area contributed by atoms with Crippen LogP contribution in [0.2, 0.25) is 0 Å². The molecule has 0 radical (unpaired) electrons. The van der Waals surface area contributed by atoms with Gasteiger partial charge in [0, 0.05) is 129 Å². The molecule has 3 aromatic carbocycles. The van der Waals surface area contributed by atoms with Gasteiger partial charge in [-0.15, -0.1) is 0 Å². The van der Waals surface area contributed by atoms with Crippen molar-refractivity contribution < 1.29 is 0 Å². The molecule has 7 atom stereocenters. The highest BCUT2D eigenvalue weighted by molar-refractivity contribution is 5.46. The van der Waals surface area contributed by atoms with Gasteiger partial charge in [-0.1, -0.05) is 102 Å². The third-order valence-electron chi connectivity index (χ3n) is 38.4. The normalized spacial score (nSPS) is 25.9. The summed E-state index contributed by atoms with van der Waals surface area (Å²) in [4.78, 5) is 36.8. The van der Waals surface area contributed by atoms with Gasteiger partial charge in [-0.05, 0) is 536 Å². The summed E-state index contributed by atoms with van der Waals surface area (Å²) in [6.07, 6.45) is 33.8. The zero-order chi connectivity index (χ0) is 103. The van der Waals surface area contributed by atoms with E-state index in [1.807, 2.05) is 24.8 Å². The van der Waals surface area contributed by atoms with Crippen molar-refractivity contribution in [3.05, 3.63) is 221 Å². The van der Waals surface area contributed by atoms with E-state index >= 15 is 0 Å². The summed E-state index contributed by atoms with van der Waals surface area (Å²) in [6.45, 7) is 79.9. The second-order valence-corrected chi connectivity index (χ2v) is 54.7. The number of aryl methyl sites for hydroxylation is 7. The van der Waals surface area contributed by atoms with Crippen LogP contribution in [0, 0.1) is 79.4 Å². The molecule has 7 spiro atoms. The third kappa shape index (κ3) is 23.0. The molecule has 4 aromatic heterocycles. The first-order valence-corrected chi connectivity index (χ1v) is 55.4. The molecule has 0 bridgehead atoms. The number of piperidine rings is 7. The van der Waals surface area contributed by atoms with Crippen LogP contribution in [0.3, 0.4) is 0 Å². The van der Waals surface area contributed by atoms with Gasteiger partial charge in [-0.25, -0.2) is 0 Å². The monoisotopic (exact) mass is 1920 g/mol. The summed E-state index contributed by atoms with van der Waals surface area (Å²) in [7, 11) is 0. The maximum Gasteiger partial charge on any atom is 0.0457 e. The van der Waals surface area contributed by atoms with E-state index in [0.29, 0.717) is 16.2 Å². The number of aromatic nitrogens is 4. The second-order valence-electron chi connectivity index (χ2n) is 54.7. The van der Waals surface area contributed by atoms with Crippen LogP contribution in [0.1, 0.15) is 402 Å². The van der Waals surface area contributed by atoms with Crippen molar-refractivity contribution in [2.24, 2.45) is 78.0 Å². The Labute approximate surface area is 855 Å². The zero-order valence-electron chi connectivity index (χ0n) is 93.8. The molecule has 0 saturated carbocycles. The molecule has 7 aromatic rings. The molecule has 21 rings (SSSR count). The quantitative estimate of drug-likeness (QED) is 0.0806. The number of pyridine rings is 4. The van der Waals surface area contributed by atoms with Gasteiger partial charge in [0.15, 0.2) is 0 Å². The molecular weight excluding hydrogens is 1730 g/mol. The molecule has 7 saturated heterocycles. The van der Waals surface area contributed by atoms with E-state index in [0.717, 1.165) is 84.5 Å². The fraction of sp³-hybridized carbons (Fsp3) is 0.691. The summed E-state index contributed by atoms with van der Waals surface area (Å²) in [6, 6.07) is 31.0. The van der Waals surface area contributed by atoms with Gasteiger partial charge in [0.2, 0.25) is 0 Å². The van der Waals surface area contributed by atoms with Crippen LogP contribution in [0.5, 0.6) is 0 Å². The van der Waals surface area contributed by atoms with E-state index in [1.165, 1.54) is 266 Å². The van der Waals surface area contributed by atoms with E-state index < -0.39 is 0 Å². The minimum atomic E-state index is 0.173. The summed E-state index contributed by atoms with van der Waals surface area (Å²) >= 11 is 0. The Kier molecular flexibility index (Phi) is 31.6. The highest BCUT2D eigenvalue weighted by atomic mass is 15.2. The predicted molar refractivity (Wildman–Crippen MR) is 589 cm³/mol. The van der Waals surface area contributed by atoms with Gasteiger partial charge in [0.1, 0.15) is 0 Å². The molecule has 776 valence electrons.